The molecule has 0 saturated carbocycles. The Labute approximate surface area is 176 Å². The van der Waals surface area contributed by atoms with Crippen molar-refractivity contribution >= 4 is 17.7 Å². The maximum Gasteiger partial charge on any atom is 0.357 e. The van der Waals surface area contributed by atoms with Crippen LogP contribution in [0.5, 0.6) is 0 Å². The Morgan fingerprint density at radius 2 is 1.43 bits per heavy atom. The van der Waals surface area contributed by atoms with Crippen LogP contribution in [0.4, 0.5) is 0 Å². The van der Waals surface area contributed by atoms with E-state index in [4.69, 9.17) is 9.84 Å². The molecule has 0 unspecified atom stereocenters. The van der Waals surface area contributed by atoms with Gasteiger partial charge in [0.1, 0.15) is 0 Å². The summed E-state index contributed by atoms with van der Waals surface area (Å²) in [4.78, 5) is 12.9. The summed E-state index contributed by atoms with van der Waals surface area (Å²) in [6, 6.07) is 31.6. The summed E-state index contributed by atoms with van der Waals surface area (Å²) in [6.45, 7) is 2.09. The highest BCUT2D eigenvalue weighted by Gasteiger charge is 2.20. The molecule has 0 spiro atoms. The Morgan fingerprint density at radius 3 is 2.03 bits per heavy atom. The van der Waals surface area contributed by atoms with Crippen molar-refractivity contribution < 1.29 is 9.53 Å². The smallest absolute Gasteiger partial charge is 0.357 e. The van der Waals surface area contributed by atoms with Gasteiger partial charge in [0.15, 0.2) is 5.70 Å². The van der Waals surface area contributed by atoms with Crippen molar-refractivity contribution in [3.63, 3.8) is 0 Å². The van der Waals surface area contributed by atoms with Crippen LogP contribution in [-0.2, 0) is 9.53 Å². The van der Waals surface area contributed by atoms with Crippen LogP contribution in [0.3, 0.4) is 0 Å². The standard InChI is InChI=1S/C26H22N2O2/c1-2-30-26(29)25(18-20-12-6-3-7-13-20)28-24(22-16-10-5-11-17-22)19-23(27-28)21-14-8-4-9-15-21/h3-19H,2H2,1H3/b25-18-. The number of benzene rings is 3. The number of aromatic nitrogens is 2. The van der Waals surface area contributed by atoms with Gasteiger partial charge in [0.2, 0.25) is 0 Å². The molecule has 0 radical (unpaired) electrons. The largest absolute Gasteiger partial charge is 0.461 e. The first kappa shape index (κ1) is 19.4. The van der Waals surface area contributed by atoms with Crippen LogP contribution in [0.2, 0.25) is 0 Å². The Kier molecular flexibility index (Phi) is 5.85. The fourth-order valence-corrected chi connectivity index (χ4v) is 3.25. The lowest BCUT2D eigenvalue weighted by Gasteiger charge is -2.11. The molecule has 1 aromatic heterocycles. The van der Waals surface area contributed by atoms with Gasteiger partial charge in [0.25, 0.3) is 0 Å². The van der Waals surface area contributed by atoms with Gasteiger partial charge < -0.3 is 4.74 Å². The van der Waals surface area contributed by atoms with Gasteiger partial charge in [-0.3, -0.25) is 0 Å². The highest BCUT2D eigenvalue weighted by atomic mass is 16.5. The Balaban J connectivity index is 1.92. The zero-order chi connectivity index (χ0) is 20.8. The van der Waals surface area contributed by atoms with E-state index in [0.717, 1.165) is 28.1 Å². The maximum atomic E-state index is 12.9. The first-order valence-electron chi connectivity index (χ1n) is 9.91. The predicted molar refractivity (Wildman–Crippen MR) is 120 cm³/mol. The Hall–Kier alpha value is -3.92. The third kappa shape index (κ3) is 4.23. The molecule has 0 atom stereocenters. The zero-order valence-corrected chi connectivity index (χ0v) is 16.7. The van der Waals surface area contributed by atoms with Crippen LogP contribution < -0.4 is 0 Å². The van der Waals surface area contributed by atoms with Gasteiger partial charge >= 0.3 is 5.97 Å². The molecule has 0 bridgehead atoms. The summed E-state index contributed by atoms with van der Waals surface area (Å²) in [5.74, 6) is -0.416. The highest BCUT2D eigenvalue weighted by molar-refractivity contribution is 6.16. The maximum absolute atomic E-state index is 12.9. The van der Waals surface area contributed by atoms with Gasteiger partial charge in [-0.15, -0.1) is 0 Å². The topological polar surface area (TPSA) is 44.1 Å². The second-order valence-electron chi connectivity index (χ2n) is 6.72. The number of carbonyl (C=O) groups is 1. The number of rotatable bonds is 6. The normalized spacial score (nSPS) is 11.3. The van der Waals surface area contributed by atoms with E-state index in [9.17, 15) is 4.79 Å². The van der Waals surface area contributed by atoms with Crippen LogP contribution in [0, 0.1) is 0 Å². The number of hydrogen-bond donors (Lipinski definition) is 0. The number of ether oxygens (including phenoxy) is 1. The number of carbonyl (C=O) groups excluding carboxylic acids is 1. The average molecular weight is 394 g/mol. The third-order valence-electron chi connectivity index (χ3n) is 4.66. The molecule has 4 rings (SSSR count). The second kappa shape index (κ2) is 9.05. The molecule has 30 heavy (non-hydrogen) atoms. The van der Waals surface area contributed by atoms with Crippen molar-refractivity contribution in [2.75, 3.05) is 6.61 Å². The SMILES string of the molecule is CCOC(=O)/C(=C/c1ccccc1)n1nc(-c2ccccc2)cc1-c1ccccc1. The average Bonchev–Trinajstić information content (AvgIpc) is 3.25. The molecule has 4 nitrogen and oxygen atoms in total. The summed E-state index contributed by atoms with van der Waals surface area (Å²) in [5.41, 5.74) is 4.83. The van der Waals surface area contributed by atoms with Crippen LogP contribution in [0.15, 0.2) is 97.1 Å². The van der Waals surface area contributed by atoms with E-state index >= 15 is 0 Å². The van der Waals surface area contributed by atoms with Gasteiger partial charge in [-0.1, -0.05) is 91.0 Å². The van der Waals surface area contributed by atoms with E-state index in [-0.39, 0.29) is 0 Å². The van der Waals surface area contributed by atoms with Gasteiger partial charge in [-0.05, 0) is 24.6 Å². The van der Waals surface area contributed by atoms with Crippen LogP contribution in [-0.4, -0.2) is 22.4 Å². The van der Waals surface area contributed by atoms with E-state index in [1.807, 2.05) is 103 Å². The second-order valence-corrected chi connectivity index (χ2v) is 6.72. The van der Waals surface area contributed by atoms with Crippen molar-refractivity contribution in [1.29, 1.82) is 0 Å². The molecule has 148 valence electrons. The predicted octanol–water partition coefficient (Wildman–Crippen LogP) is 5.78. The summed E-state index contributed by atoms with van der Waals surface area (Å²) < 4.78 is 7.05. The monoisotopic (exact) mass is 394 g/mol. The minimum Gasteiger partial charge on any atom is -0.461 e. The molecule has 0 N–H and O–H groups in total. The molecule has 0 aliphatic rings. The first-order valence-corrected chi connectivity index (χ1v) is 9.91. The van der Waals surface area contributed by atoms with Crippen molar-refractivity contribution in [2.24, 2.45) is 0 Å². The fourth-order valence-electron chi connectivity index (χ4n) is 3.25. The molecule has 0 aliphatic carbocycles. The fraction of sp³-hybridized carbons (Fsp3) is 0.0769. The van der Waals surface area contributed by atoms with Crippen LogP contribution in [0.25, 0.3) is 34.3 Å². The number of esters is 1. The Morgan fingerprint density at radius 1 is 0.867 bits per heavy atom. The molecular weight excluding hydrogens is 372 g/mol. The third-order valence-corrected chi connectivity index (χ3v) is 4.66. The number of hydrogen-bond acceptors (Lipinski definition) is 3. The molecule has 3 aromatic carbocycles. The Bertz CT molecular complexity index is 1150. The quantitative estimate of drug-likeness (QED) is 0.308. The molecule has 0 saturated heterocycles. The zero-order valence-electron chi connectivity index (χ0n) is 16.7. The first-order chi connectivity index (χ1) is 14.8. The molecule has 1 heterocycles. The van der Waals surface area contributed by atoms with E-state index in [0.29, 0.717) is 12.3 Å². The van der Waals surface area contributed by atoms with Crippen LogP contribution in [0.1, 0.15) is 12.5 Å². The van der Waals surface area contributed by atoms with Gasteiger partial charge in [-0.2, -0.15) is 5.10 Å². The minimum atomic E-state index is -0.416. The summed E-state index contributed by atoms with van der Waals surface area (Å²) in [6.07, 6.45) is 1.81. The molecular formula is C26H22N2O2. The van der Waals surface area contributed by atoms with Crippen molar-refractivity contribution in [1.82, 2.24) is 9.78 Å². The minimum absolute atomic E-state index is 0.290. The summed E-state index contributed by atoms with van der Waals surface area (Å²) >= 11 is 0. The van der Waals surface area contributed by atoms with Gasteiger partial charge in [0, 0.05) is 11.1 Å². The molecule has 0 aliphatic heterocycles. The molecule has 0 amide bonds. The summed E-state index contributed by atoms with van der Waals surface area (Å²) in [7, 11) is 0. The molecule has 4 heteroatoms. The van der Waals surface area contributed by atoms with Gasteiger partial charge in [-0.25, -0.2) is 9.48 Å². The number of nitrogens with zero attached hydrogens (tertiary/aromatic N) is 2. The highest BCUT2D eigenvalue weighted by Crippen LogP contribution is 2.29. The van der Waals surface area contributed by atoms with Crippen molar-refractivity contribution in [3.8, 4) is 22.5 Å². The van der Waals surface area contributed by atoms with E-state index in [2.05, 4.69) is 0 Å². The lowest BCUT2D eigenvalue weighted by molar-refractivity contribution is -0.136. The lowest BCUT2D eigenvalue weighted by Crippen LogP contribution is -2.14. The van der Waals surface area contributed by atoms with E-state index < -0.39 is 5.97 Å². The van der Waals surface area contributed by atoms with E-state index in [1.165, 1.54) is 0 Å². The molecule has 0 fully saturated rings. The van der Waals surface area contributed by atoms with Crippen molar-refractivity contribution in [2.45, 2.75) is 6.92 Å². The van der Waals surface area contributed by atoms with Crippen LogP contribution >= 0.6 is 0 Å². The van der Waals surface area contributed by atoms with Crippen molar-refractivity contribution in [3.05, 3.63) is 103 Å². The van der Waals surface area contributed by atoms with E-state index in [1.54, 1.807) is 11.6 Å². The summed E-state index contributed by atoms with van der Waals surface area (Å²) in [5, 5.41) is 4.80. The molecule has 4 aromatic rings. The lowest BCUT2D eigenvalue weighted by atomic mass is 10.1. The van der Waals surface area contributed by atoms with Gasteiger partial charge in [0.05, 0.1) is 18.0 Å².